The van der Waals surface area contributed by atoms with Crippen LogP contribution < -0.4 is 14.4 Å². The fraction of sp³-hybridized carbons (Fsp3) is 0.182. The average Bonchev–Trinajstić information content (AvgIpc) is 2.72. The quantitative estimate of drug-likeness (QED) is 0.677. The van der Waals surface area contributed by atoms with Crippen LogP contribution in [0.1, 0.15) is 5.56 Å². The number of aromatic nitrogens is 1. The fourth-order valence-electron chi connectivity index (χ4n) is 2.86. The maximum Gasteiger partial charge on any atom is 0.232 e. The minimum atomic E-state index is 0.321. The van der Waals surface area contributed by atoms with E-state index in [1.807, 2.05) is 73.6 Å². The Kier molecular flexibility index (Phi) is 5.28. The number of nitriles is 1. The number of hydrogen-bond donors (Lipinski definition) is 0. The van der Waals surface area contributed by atoms with Crippen molar-refractivity contribution in [3.63, 3.8) is 0 Å². The van der Waals surface area contributed by atoms with E-state index in [1.54, 1.807) is 7.11 Å². The summed E-state index contributed by atoms with van der Waals surface area (Å²) in [6.45, 7) is 0. The van der Waals surface area contributed by atoms with Gasteiger partial charge in [-0.25, -0.2) is 4.98 Å². The summed E-state index contributed by atoms with van der Waals surface area (Å²) >= 11 is 0. The van der Waals surface area contributed by atoms with E-state index in [2.05, 4.69) is 11.1 Å². The summed E-state index contributed by atoms with van der Waals surface area (Å²) in [6.07, 6.45) is 0. The molecule has 0 aliphatic carbocycles. The SMILES string of the molecule is COc1ccc(-c2cc(C#N)c(OC)nc2-c2ccc(N(C)C)cc2)cc1. The van der Waals surface area contributed by atoms with Gasteiger partial charge in [-0.15, -0.1) is 0 Å². The first-order valence-corrected chi connectivity index (χ1v) is 8.48. The minimum Gasteiger partial charge on any atom is -0.497 e. The monoisotopic (exact) mass is 359 g/mol. The number of pyridine rings is 1. The van der Waals surface area contributed by atoms with Gasteiger partial charge in [-0.1, -0.05) is 24.3 Å². The van der Waals surface area contributed by atoms with Crippen molar-refractivity contribution in [1.82, 2.24) is 4.98 Å². The van der Waals surface area contributed by atoms with Crippen LogP contribution in [0.25, 0.3) is 22.4 Å². The molecule has 0 atom stereocenters. The van der Waals surface area contributed by atoms with Crippen LogP contribution in [-0.4, -0.2) is 33.3 Å². The van der Waals surface area contributed by atoms with Crippen molar-refractivity contribution in [2.24, 2.45) is 0 Å². The molecule has 136 valence electrons. The van der Waals surface area contributed by atoms with Crippen molar-refractivity contribution >= 4 is 5.69 Å². The molecule has 0 spiro atoms. The van der Waals surface area contributed by atoms with Gasteiger partial charge < -0.3 is 14.4 Å². The lowest BCUT2D eigenvalue weighted by molar-refractivity contribution is 0.397. The minimum absolute atomic E-state index is 0.321. The molecule has 3 aromatic rings. The molecule has 2 aromatic carbocycles. The van der Waals surface area contributed by atoms with Crippen LogP contribution in [-0.2, 0) is 0 Å². The van der Waals surface area contributed by atoms with Gasteiger partial charge in [0, 0.05) is 30.9 Å². The van der Waals surface area contributed by atoms with Gasteiger partial charge in [0.15, 0.2) is 0 Å². The molecule has 0 bridgehead atoms. The molecule has 0 aliphatic heterocycles. The summed E-state index contributed by atoms with van der Waals surface area (Å²) in [5.74, 6) is 1.10. The summed E-state index contributed by atoms with van der Waals surface area (Å²) in [5.41, 5.74) is 5.04. The van der Waals surface area contributed by atoms with Crippen molar-refractivity contribution in [1.29, 1.82) is 5.26 Å². The highest BCUT2D eigenvalue weighted by Gasteiger charge is 2.16. The third-order valence-electron chi connectivity index (χ3n) is 4.36. The fourth-order valence-corrected chi connectivity index (χ4v) is 2.86. The third-order valence-corrected chi connectivity index (χ3v) is 4.36. The van der Waals surface area contributed by atoms with Crippen molar-refractivity contribution in [3.8, 4) is 40.1 Å². The molecule has 0 saturated carbocycles. The Morgan fingerprint density at radius 1 is 0.889 bits per heavy atom. The topological polar surface area (TPSA) is 58.4 Å². The normalized spacial score (nSPS) is 10.2. The summed E-state index contributed by atoms with van der Waals surface area (Å²) in [4.78, 5) is 6.68. The van der Waals surface area contributed by atoms with E-state index >= 15 is 0 Å². The van der Waals surface area contributed by atoms with E-state index < -0.39 is 0 Å². The van der Waals surface area contributed by atoms with Crippen LogP contribution in [0.5, 0.6) is 11.6 Å². The van der Waals surface area contributed by atoms with Gasteiger partial charge in [0.2, 0.25) is 5.88 Å². The summed E-state index contributed by atoms with van der Waals surface area (Å²) < 4.78 is 10.6. The molecule has 0 amide bonds. The van der Waals surface area contributed by atoms with Crippen molar-refractivity contribution in [2.45, 2.75) is 0 Å². The average molecular weight is 359 g/mol. The van der Waals surface area contributed by atoms with Gasteiger partial charge in [-0.3, -0.25) is 0 Å². The molecule has 5 nitrogen and oxygen atoms in total. The molecule has 0 N–H and O–H groups in total. The Labute approximate surface area is 159 Å². The Morgan fingerprint density at radius 2 is 1.52 bits per heavy atom. The highest BCUT2D eigenvalue weighted by atomic mass is 16.5. The molecule has 1 aromatic heterocycles. The molecule has 5 heteroatoms. The summed E-state index contributed by atoms with van der Waals surface area (Å²) in [7, 11) is 7.16. The molecular formula is C22H21N3O2. The Hall–Kier alpha value is -3.52. The maximum absolute atomic E-state index is 9.47. The Balaban J connectivity index is 2.19. The Bertz CT molecular complexity index is 972. The lowest BCUT2D eigenvalue weighted by Gasteiger charge is -2.15. The van der Waals surface area contributed by atoms with Crippen LogP contribution >= 0.6 is 0 Å². The zero-order valence-corrected chi connectivity index (χ0v) is 15.9. The second-order valence-corrected chi connectivity index (χ2v) is 6.22. The molecule has 0 fully saturated rings. The van der Waals surface area contributed by atoms with Gasteiger partial charge in [-0.2, -0.15) is 5.26 Å². The molecule has 0 aliphatic rings. The molecule has 0 radical (unpaired) electrons. The number of hydrogen-bond acceptors (Lipinski definition) is 5. The zero-order chi connectivity index (χ0) is 19.4. The van der Waals surface area contributed by atoms with Crippen LogP contribution in [0.15, 0.2) is 54.6 Å². The van der Waals surface area contributed by atoms with Crippen LogP contribution in [0.3, 0.4) is 0 Å². The predicted molar refractivity (Wildman–Crippen MR) is 107 cm³/mol. The van der Waals surface area contributed by atoms with Crippen molar-refractivity contribution < 1.29 is 9.47 Å². The van der Waals surface area contributed by atoms with Gasteiger partial charge in [-0.05, 0) is 35.9 Å². The molecule has 1 heterocycles. The van der Waals surface area contributed by atoms with Crippen LogP contribution in [0, 0.1) is 11.3 Å². The van der Waals surface area contributed by atoms with Gasteiger partial charge in [0.05, 0.1) is 19.9 Å². The van der Waals surface area contributed by atoms with Gasteiger partial charge in [0.1, 0.15) is 17.4 Å². The lowest BCUT2D eigenvalue weighted by Crippen LogP contribution is -2.08. The van der Waals surface area contributed by atoms with E-state index in [0.29, 0.717) is 11.4 Å². The number of methoxy groups -OCH3 is 2. The molecular weight excluding hydrogens is 338 g/mol. The van der Waals surface area contributed by atoms with E-state index in [-0.39, 0.29) is 0 Å². The molecule has 3 rings (SSSR count). The number of benzene rings is 2. The Morgan fingerprint density at radius 3 is 2.04 bits per heavy atom. The number of ether oxygens (including phenoxy) is 2. The maximum atomic E-state index is 9.47. The van der Waals surface area contributed by atoms with Crippen molar-refractivity contribution in [3.05, 3.63) is 60.2 Å². The van der Waals surface area contributed by atoms with Gasteiger partial charge >= 0.3 is 0 Å². The highest BCUT2D eigenvalue weighted by molar-refractivity contribution is 5.83. The first-order chi connectivity index (χ1) is 13.1. The lowest BCUT2D eigenvalue weighted by atomic mass is 9.97. The molecule has 27 heavy (non-hydrogen) atoms. The second-order valence-electron chi connectivity index (χ2n) is 6.22. The van der Waals surface area contributed by atoms with Crippen molar-refractivity contribution in [2.75, 3.05) is 33.2 Å². The van der Waals surface area contributed by atoms with E-state index in [0.717, 1.165) is 33.8 Å². The number of rotatable bonds is 5. The second kappa shape index (κ2) is 7.79. The summed E-state index contributed by atoms with van der Waals surface area (Å²) in [5, 5.41) is 9.47. The van der Waals surface area contributed by atoms with E-state index in [4.69, 9.17) is 9.47 Å². The van der Waals surface area contributed by atoms with E-state index in [9.17, 15) is 5.26 Å². The summed E-state index contributed by atoms with van der Waals surface area (Å²) in [6, 6.07) is 19.8. The molecule has 0 unspecified atom stereocenters. The first kappa shape index (κ1) is 18.3. The van der Waals surface area contributed by atoms with Gasteiger partial charge in [0.25, 0.3) is 0 Å². The largest absolute Gasteiger partial charge is 0.497 e. The molecule has 0 saturated heterocycles. The number of nitrogens with zero attached hydrogens (tertiary/aromatic N) is 3. The zero-order valence-electron chi connectivity index (χ0n) is 15.9. The first-order valence-electron chi connectivity index (χ1n) is 8.48. The number of anilines is 1. The van der Waals surface area contributed by atoms with E-state index in [1.165, 1.54) is 7.11 Å². The standard InChI is InChI=1S/C22H21N3O2/c1-25(2)18-9-5-16(6-10-18)21-20(13-17(14-23)22(24-21)27-4)15-7-11-19(26-3)12-8-15/h5-13H,1-4H3. The van der Waals surface area contributed by atoms with Crippen LogP contribution in [0.4, 0.5) is 5.69 Å². The van der Waals surface area contributed by atoms with Crippen LogP contribution in [0.2, 0.25) is 0 Å². The third kappa shape index (κ3) is 3.70. The predicted octanol–water partition coefficient (Wildman–Crippen LogP) is 4.37. The highest BCUT2D eigenvalue weighted by Crippen LogP contribution is 2.35. The smallest absolute Gasteiger partial charge is 0.232 e.